The fourth-order valence-corrected chi connectivity index (χ4v) is 4.19. The van der Waals surface area contributed by atoms with E-state index in [-0.39, 0.29) is 22.7 Å². The number of amides is 1. The SMILES string of the molecule is CCCCOC(=O)N1C(CCCCNc2cccc(S(N)(=O)=O)n2)CCC1(C)C. The third kappa shape index (κ3) is 6.85. The van der Waals surface area contributed by atoms with Crippen molar-refractivity contribution in [3.05, 3.63) is 18.2 Å². The number of ether oxygens (including phenoxy) is 1. The van der Waals surface area contributed by atoms with Gasteiger partial charge in [0.2, 0.25) is 0 Å². The molecule has 0 spiro atoms. The lowest BCUT2D eigenvalue weighted by molar-refractivity contribution is 0.0611. The van der Waals surface area contributed by atoms with Crippen LogP contribution in [0.25, 0.3) is 0 Å². The highest BCUT2D eigenvalue weighted by Gasteiger charge is 2.42. The van der Waals surface area contributed by atoms with Gasteiger partial charge in [-0.3, -0.25) is 0 Å². The molecule has 2 heterocycles. The second kappa shape index (κ2) is 10.2. The molecule has 9 heteroatoms. The van der Waals surface area contributed by atoms with E-state index in [0.29, 0.717) is 19.0 Å². The molecule has 1 aromatic rings. The number of unbranched alkanes of at least 4 members (excludes halogenated alkanes) is 2. The first kappa shape index (κ1) is 23.4. The van der Waals surface area contributed by atoms with E-state index in [1.807, 2.05) is 4.90 Å². The number of anilines is 1. The highest BCUT2D eigenvalue weighted by atomic mass is 32.2. The van der Waals surface area contributed by atoms with E-state index in [9.17, 15) is 13.2 Å². The summed E-state index contributed by atoms with van der Waals surface area (Å²) in [4.78, 5) is 18.5. The Bertz CT molecular complexity index is 782. The van der Waals surface area contributed by atoms with Gasteiger partial charge < -0.3 is 15.0 Å². The van der Waals surface area contributed by atoms with E-state index >= 15 is 0 Å². The molecule has 1 aliphatic heterocycles. The van der Waals surface area contributed by atoms with Gasteiger partial charge in [0.25, 0.3) is 10.0 Å². The van der Waals surface area contributed by atoms with Crippen LogP contribution < -0.4 is 10.5 Å². The van der Waals surface area contributed by atoms with Gasteiger partial charge in [-0.1, -0.05) is 19.4 Å². The van der Waals surface area contributed by atoms with Crippen LogP contribution in [0.1, 0.15) is 65.7 Å². The van der Waals surface area contributed by atoms with Crippen LogP contribution in [0.4, 0.5) is 10.6 Å². The molecular weight excluding hydrogens is 392 g/mol. The third-order valence-corrected chi connectivity index (χ3v) is 6.12. The summed E-state index contributed by atoms with van der Waals surface area (Å²) < 4.78 is 28.2. The lowest BCUT2D eigenvalue weighted by Crippen LogP contribution is -2.47. The fraction of sp³-hybridized carbons (Fsp3) is 0.700. The number of carbonyl (C=O) groups excluding carboxylic acids is 1. The molecule has 0 bridgehead atoms. The molecule has 8 nitrogen and oxygen atoms in total. The summed E-state index contributed by atoms with van der Waals surface area (Å²) in [5, 5.41) is 8.09. The molecule has 0 saturated carbocycles. The van der Waals surface area contributed by atoms with Gasteiger partial charge in [-0.05, 0) is 64.5 Å². The fourth-order valence-electron chi connectivity index (χ4n) is 3.70. The summed E-state index contributed by atoms with van der Waals surface area (Å²) in [7, 11) is -3.81. The number of rotatable bonds is 10. The largest absolute Gasteiger partial charge is 0.449 e. The molecule has 1 aliphatic rings. The van der Waals surface area contributed by atoms with Gasteiger partial charge in [-0.2, -0.15) is 0 Å². The van der Waals surface area contributed by atoms with Crippen LogP contribution in [0.2, 0.25) is 0 Å². The number of hydrogen-bond acceptors (Lipinski definition) is 6. The van der Waals surface area contributed by atoms with Crippen molar-refractivity contribution in [3.63, 3.8) is 0 Å². The monoisotopic (exact) mass is 426 g/mol. The molecule has 1 unspecified atom stereocenters. The maximum atomic E-state index is 12.6. The third-order valence-electron chi connectivity index (χ3n) is 5.31. The zero-order valence-electron chi connectivity index (χ0n) is 17.7. The highest BCUT2D eigenvalue weighted by Crippen LogP contribution is 2.36. The second-order valence-corrected chi connectivity index (χ2v) is 9.68. The van der Waals surface area contributed by atoms with Crippen LogP contribution in [0, 0.1) is 0 Å². The Balaban J connectivity index is 1.79. The van der Waals surface area contributed by atoms with E-state index in [1.165, 1.54) is 6.07 Å². The maximum absolute atomic E-state index is 12.6. The van der Waals surface area contributed by atoms with Gasteiger partial charge in [-0.25, -0.2) is 23.3 Å². The molecular formula is C20H34N4O4S. The number of primary sulfonamides is 1. The van der Waals surface area contributed by atoms with Gasteiger partial charge in [0.15, 0.2) is 5.03 Å². The molecule has 164 valence electrons. The van der Waals surface area contributed by atoms with E-state index in [2.05, 4.69) is 31.1 Å². The van der Waals surface area contributed by atoms with E-state index in [1.54, 1.807) is 12.1 Å². The Kier molecular flexibility index (Phi) is 8.27. The molecule has 1 atom stereocenters. The van der Waals surface area contributed by atoms with Crippen molar-refractivity contribution in [2.24, 2.45) is 5.14 Å². The Morgan fingerprint density at radius 2 is 2.10 bits per heavy atom. The van der Waals surface area contributed by atoms with E-state index in [4.69, 9.17) is 9.88 Å². The number of sulfonamides is 1. The smallest absolute Gasteiger partial charge is 0.410 e. The number of pyridine rings is 1. The molecule has 1 fully saturated rings. The first-order valence-corrected chi connectivity index (χ1v) is 11.9. The zero-order chi connectivity index (χ0) is 21.5. The standard InChI is InChI=1S/C20H34N4O4S/c1-4-5-15-28-19(25)24-16(12-13-20(24,2)3)9-6-7-14-22-17-10-8-11-18(23-17)29(21,26)27/h8,10-11,16H,4-7,9,12-15H2,1-3H3,(H,22,23)(H2,21,26,27). The number of nitrogens with two attached hydrogens (primary N) is 1. The zero-order valence-corrected chi connectivity index (χ0v) is 18.5. The van der Waals surface area contributed by atoms with Gasteiger partial charge in [0, 0.05) is 18.1 Å². The number of nitrogens with zero attached hydrogens (tertiary/aromatic N) is 2. The lowest BCUT2D eigenvalue weighted by atomic mass is 10.0. The van der Waals surface area contributed by atoms with Crippen molar-refractivity contribution in [3.8, 4) is 0 Å². The Labute approximate surface area is 174 Å². The normalized spacial score (nSPS) is 18.6. The molecule has 0 radical (unpaired) electrons. The van der Waals surface area contributed by atoms with Gasteiger partial charge in [0.1, 0.15) is 5.82 Å². The van der Waals surface area contributed by atoms with Crippen molar-refractivity contribution in [1.29, 1.82) is 0 Å². The van der Waals surface area contributed by atoms with Crippen molar-refractivity contribution in [2.45, 2.75) is 82.3 Å². The molecule has 3 N–H and O–H groups in total. The molecule has 0 aromatic carbocycles. The van der Waals surface area contributed by atoms with Crippen molar-refractivity contribution >= 4 is 21.9 Å². The van der Waals surface area contributed by atoms with Crippen LogP contribution in [0.5, 0.6) is 0 Å². The summed E-state index contributed by atoms with van der Waals surface area (Å²) in [6.07, 6.45) is 6.40. The minimum atomic E-state index is -3.81. The number of likely N-dealkylation sites (tertiary alicyclic amines) is 1. The quantitative estimate of drug-likeness (QED) is 0.554. The number of nitrogens with one attached hydrogen (secondary N) is 1. The first-order chi connectivity index (χ1) is 13.6. The average Bonchev–Trinajstić information content (AvgIpc) is 2.95. The predicted octanol–water partition coefficient (Wildman–Crippen LogP) is 3.49. The van der Waals surface area contributed by atoms with Crippen LogP contribution in [0.3, 0.4) is 0 Å². The van der Waals surface area contributed by atoms with E-state index < -0.39 is 10.0 Å². The van der Waals surface area contributed by atoms with Crippen molar-refractivity contribution < 1.29 is 17.9 Å². The number of hydrogen-bond donors (Lipinski definition) is 2. The van der Waals surface area contributed by atoms with E-state index in [0.717, 1.165) is 44.9 Å². The lowest BCUT2D eigenvalue weighted by Gasteiger charge is -2.35. The summed E-state index contributed by atoms with van der Waals surface area (Å²) >= 11 is 0. The summed E-state index contributed by atoms with van der Waals surface area (Å²) in [5.74, 6) is 0.486. The summed E-state index contributed by atoms with van der Waals surface area (Å²) in [5.41, 5.74) is -0.176. The molecule has 1 amide bonds. The van der Waals surface area contributed by atoms with Crippen LogP contribution in [0.15, 0.2) is 23.2 Å². The van der Waals surface area contributed by atoms with Crippen LogP contribution >= 0.6 is 0 Å². The predicted molar refractivity (Wildman–Crippen MR) is 113 cm³/mol. The molecule has 1 aromatic heterocycles. The minimum absolute atomic E-state index is 0.145. The van der Waals surface area contributed by atoms with Gasteiger partial charge in [-0.15, -0.1) is 0 Å². The Morgan fingerprint density at radius 3 is 2.79 bits per heavy atom. The van der Waals surface area contributed by atoms with Crippen LogP contribution in [-0.2, 0) is 14.8 Å². The molecule has 29 heavy (non-hydrogen) atoms. The average molecular weight is 427 g/mol. The van der Waals surface area contributed by atoms with Gasteiger partial charge in [0.05, 0.1) is 6.61 Å². The minimum Gasteiger partial charge on any atom is -0.449 e. The topological polar surface area (TPSA) is 115 Å². The van der Waals surface area contributed by atoms with Crippen molar-refractivity contribution in [1.82, 2.24) is 9.88 Å². The highest BCUT2D eigenvalue weighted by molar-refractivity contribution is 7.89. The Hall–Kier alpha value is -1.87. The summed E-state index contributed by atoms with van der Waals surface area (Å²) in [6, 6.07) is 4.89. The van der Waals surface area contributed by atoms with Crippen molar-refractivity contribution in [2.75, 3.05) is 18.5 Å². The maximum Gasteiger partial charge on any atom is 0.410 e. The molecule has 2 rings (SSSR count). The second-order valence-electron chi connectivity index (χ2n) is 8.17. The Morgan fingerprint density at radius 1 is 1.34 bits per heavy atom. The molecule has 1 saturated heterocycles. The van der Waals surface area contributed by atoms with Gasteiger partial charge >= 0.3 is 6.09 Å². The van der Waals surface area contributed by atoms with Crippen LogP contribution in [-0.4, -0.2) is 49.1 Å². The molecule has 0 aliphatic carbocycles. The number of carbonyl (C=O) groups is 1. The number of aromatic nitrogens is 1. The first-order valence-electron chi connectivity index (χ1n) is 10.3. The summed E-state index contributed by atoms with van der Waals surface area (Å²) in [6.45, 7) is 7.41.